The van der Waals surface area contributed by atoms with Crippen LogP contribution < -0.4 is 15.6 Å². The summed E-state index contributed by atoms with van der Waals surface area (Å²) in [5, 5.41) is 3.01. The maximum Gasteiger partial charge on any atom is 0.258 e. The molecule has 0 radical (unpaired) electrons. The number of carbonyl (C=O) groups excluding carboxylic acids is 1. The van der Waals surface area contributed by atoms with Crippen molar-refractivity contribution < 1.29 is 9.53 Å². The maximum absolute atomic E-state index is 12.9. The van der Waals surface area contributed by atoms with Gasteiger partial charge in [0.2, 0.25) is 5.91 Å². The van der Waals surface area contributed by atoms with Gasteiger partial charge in [0.15, 0.2) is 0 Å². The Morgan fingerprint density at radius 3 is 2.61 bits per heavy atom. The molecule has 0 spiro atoms. The fourth-order valence-electron chi connectivity index (χ4n) is 3.80. The zero-order chi connectivity index (χ0) is 23.4. The van der Waals surface area contributed by atoms with Gasteiger partial charge in [-0.25, -0.2) is 4.98 Å². The van der Waals surface area contributed by atoms with Crippen molar-refractivity contribution in [3.8, 4) is 5.75 Å². The molecule has 2 aromatic carbocycles. The molecular weight excluding hydrogens is 414 g/mol. The second-order valence-electron chi connectivity index (χ2n) is 8.15. The van der Waals surface area contributed by atoms with Crippen LogP contribution in [0.4, 0.5) is 5.69 Å². The maximum atomic E-state index is 12.9. The first kappa shape index (κ1) is 22.3. The highest BCUT2D eigenvalue weighted by Gasteiger charge is 2.19. The summed E-state index contributed by atoms with van der Waals surface area (Å²) in [4.78, 5) is 29.9. The molecular formula is C27H27N3O3. The van der Waals surface area contributed by atoms with Crippen LogP contribution in [-0.2, 0) is 11.4 Å². The van der Waals surface area contributed by atoms with Crippen molar-refractivity contribution in [1.82, 2.24) is 9.38 Å². The van der Waals surface area contributed by atoms with E-state index < -0.39 is 0 Å². The van der Waals surface area contributed by atoms with E-state index in [1.54, 1.807) is 6.20 Å². The first-order valence-corrected chi connectivity index (χ1v) is 11.0. The molecule has 1 atom stereocenters. The number of amides is 1. The second-order valence-corrected chi connectivity index (χ2v) is 8.15. The minimum Gasteiger partial charge on any atom is -0.487 e. The first-order valence-electron chi connectivity index (χ1n) is 11.0. The Labute approximate surface area is 192 Å². The molecule has 0 saturated carbocycles. The van der Waals surface area contributed by atoms with E-state index in [2.05, 4.69) is 10.3 Å². The van der Waals surface area contributed by atoms with E-state index in [4.69, 9.17) is 4.74 Å². The van der Waals surface area contributed by atoms with Crippen LogP contribution in [0.5, 0.6) is 5.75 Å². The van der Waals surface area contributed by atoms with Crippen LogP contribution >= 0.6 is 0 Å². The Bertz CT molecular complexity index is 1350. The van der Waals surface area contributed by atoms with E-state index in [-0.39, 0.29) is 24.0 Å². The van der Waals surface area contributed by atoms with E-state index in [1.807, 2.05) is 81.4 Å². The smallest absolute Gasteiger partial charge is 0.258 e. The summed E-state index contributed by atoms with van der Waals surface area (Å²) in [6, 6.07) is 20.6. The van der Waals surface area contributed by atoms with Gasteiger partial charge in [-0.3, -0.25) is 14.0 Å². The fraction of sp³-hybridized carbons (Fsp3) is 0.222. The Morgan fingerprint density at radius 1 is 1.06 bits per heavy atom. The van der Waals surface area contributed by atoms with Crippen molar-refractivity contribution in [2.45, 2.75) is 39.7 Å². The van der Waals surface area contributed by atoms with E-state index in [0.29, 0.717) is 29.2 Å². The van der Waals surface area contributed by atoms with Crippen LogP contribution in [0, 0.1) is 13.8 Å². The molecule has 2 aromatic heterocycles. The zero-order valence-electron chi connectivity index (χ0n) is 19.0. The molecule has 0 unspecified atom stereocenters. The van der Waals surface area contributed by atoms with Gasteiger partial charge in [-0.1, -0.05) is 43.3 Å². The number of nitrogens with zero attached hydrogens (tertiary/aromatic N) is 2. The van der Waals surface area contributed by atoms with Crippen LogP contribution in [-0.4, -0.2) is 15.3 Å². The molecule has 33 heavy (non-hydrogen) atoms. The number of benzene rings is 2. The van der Waals surface area contributed by atoms with E-state index in [1.165, 1.54) is 10.5 Å². The molecule has 0 aliphatic heterocycles. The SMILES string of the molecule is CC[C@@H](C(=O)Nc1ccc(C)c(OCc2cc(=O)n3ccc(C)cc3n2)c1)c1ccccc1. The lowest BCUT2D eigenvalue weighted by Gasteiger charge is -2.17. The average molecular weight is 442 g/mol. The van der Waals surface area contributed by atoms with Crippen LogP contribution in [0.3, 0.4) is 0 Å². The van der Waals surface area contributed by atoms with Crippen molar-refractivity contribution in [2.24, 2.45) is 0 Å². The third-order valence-electron chi connectivity index (χ3n) is 5.63. The minimum absolute atomic E-state index is 0.0573. The number of aromatic nitrogens is 2. The molecule has 6 nitrogen and oxygen atoms in total. The Morgan fingerprint density at radius 2 is 1.85 bits per heavy atom. The topological polar surface area (TPSA) is 72.7 Å². The van der Waals surface area contributed by atoms with Crippen LogP contribution in [0.15, 0.2) is 77.7 Å². The molecule has 0 aliphatic carbocycles. The lowest BCUT2D eigenvalue weighted by atomic mass is 9.95. The molecule has 1 amide bonds. The van der Waals surface area contributed by atoms with Gasteiger partial charge >= 0.3 is 0 Å². The number of pyridine rings is 1. The third-order valence-corrected chi connectivity index (χ3v) is 5.63. The third kappa shape index (κ3) is 5.12. The number of fused-ring (bicyclic) bond motifs is 1. The van der Waals surface area contributed by atoms with Crippen LogP contribution in [0.1, 0.15) is 41.6 Å². The monoisotopic (exact) mass is 441 g/mol. The fourth-order valence-corrected chi connectivity index (χ4v) is 3.80. The predicted molar refractivity (Wildman–Crippen MR) is 130 cm³/mol. The standard InChI is InChI=1S/C27H27N3O3/c1-4-23(20-8-6-5-7-9-20)27(32)29-21-11-10-19(3)24(15-21)33-17-22-16-26(31)30-13-12-18(2)14-25(30)28-22/h5-16,23H,4,17H2,1-3H3,(H,29,32)/t23-/m1/s1. The minimum atomic E-state index is -0.227. The first-order chi connectivity index (χ1) is 15.9. The molecule has 2 heterocycles. The van der Waals surface area contributed by atoms with Gasteiger partial charge in [-0.15, -0.1) is 0 Å². The number of aryl methyl sites for hydroxylation is 2. The van der Waals surface area contributed by atoms with Crippen LogP contribution in [0.2, 0.25) is 0 Å². The van der Waals surface area contributed by atoms with Gasteiger partial charge in [0.25, 0.3) is 5.56 Å². The lowest BCUT2D eigenvalue weighted by Crippen LogP contribution is -2.20. The van der Waals surface area contributed by atoms with Crippen molar-refractivity contribution in [3.05, 3.63) is 106 Å². The van der Waals surface area contributed by atoms with Gasteiger partial charge in [-0.2, -0.15) is 0 Å². The Hall–Kier alpha value is -3.93. The van der Waals surface area contributed by atoms with E-state index in [9.17, 15) is 9.59 Å². The van der Waals surface area contributed by atoms with Crippen molar-refractivity contribution >= 4 is 17.2 Å². The van der Waals surface area contributed by atoms with Gasteiger partial charge in [0.1, 0.15) is 18.0 Å². The number of hydrogen-bond acceptors (Lipinski definition) is 4. The van der Waals surface area contributed by atoms with Crippen molar-refractivity contribution in [2.75, 3.05) is 5.32 Å². The van der Waals surface area contributed by atoms with Gasteiger partial charge in [0.05, 0.1) is 11.6 Å². The summed E-state index contributed by atoms with van der Waals surface area (Å²) < 4.78 is 7.50. The molecule has 0 saturated heterocycles. The van der Waals surface area contributed by atoms with Gasteiger partial charge in [-0.05, 0) is 55.2 Å². The van der Waals surface area contributed by atoms with Gasteiger partial charge < -0.3 is 10.1 Å². The summed E-state index contributed by atoms with van der Waals surface area (Å²) in [6.07, 6.45) is 2.42. The van der Waals surface area contributed by atoms with Crippen molar-refractivity contribution in [1.29, 1.82) is 0 Å². The largest absolute Gasteiger partial charge is 0.487 e. The highest BCUT2D eigenvalue weighted by molar-refractivity contribution is 5.96. The van der Waals surface area contributed by atoms with Gasteiger partial charge in [0, 0.05) is 24.0 Å². The molecule has 168 valence electrons. The molecule has 6 heteroatoms. The second kappa shape index (κ2) is 9.69. The number of hydrogen-bond donors (Lipinski definition) is 1. The highest BCUT2D eigenvalue weighted by Crippen LogP contribution is 2.26. The molecule has 1 N–H and O–H groups in total. The summed E-state index contributed by atoms with van der Waals surface area (Å²) in [6.45, 7) is 6.05. The highest BCUT2D eigenvalue weighted by atomic mass is 16.5. The number of carbonyl (C=O) groups is 1. The lowest BCUT2D eigenvalue weighted by molar-refractivity contribution is -0.117. The number of anilines is 1. The molecule has 4 aromatic rings. The van der Waals surface area contributed by atoms with E-state index in [0.717, 1.165) is 16.7 Å². The van der Waals surface area contributed by atoms with Crippen molar-refractivity contribution in [3.63, 3.8) is 0 Å². The summed E-state index contributed by atoms with van der Waals surface area (Å²) >= 11 is 0. The number of nitrogens with one attached hydrogen (secondary N) is 1. The summed E-state index contributed by atoms with van der Waals surface area (Å²) in [7, 11) is 0. The molecule has 4 rings (SSSR count). The normalized spacial score (nSPS) is 11.8. The van der Waals surface area contributed by atoms with Crippen LogP contribution in [0.25, 0.3) is 5.65 Å². The number of ether oxygens (including phenoxy) is 1. The van der Waals surface area contributed by atoms with E-state index >= 15 is 0 Å². The quantitative estimate of drug-likeness (QED) is 0.437. The molecule has 0 fully saturated rings. The summed E-state index contributed by atoms with van der Waals surface area (Å²) in [5.41, 5.74) is 4.60. The Balaban J connectivity index is 1.50. The molecule has 0 bridgehead atoms. The number of rotatable bonds is 7. The predicted octanol–water partition coefficient (Wildman–Crippen LogP) is 5.02. The summed E-state index contributed by atoms with van der Waals surface area (Å²) in [5.74, 6) is 0.347. The average Bonchev–Trinajstić information content (AvgIpc) is 2.80. The Kier molecular flexibility index (Phi) is 6.54. The molecule has 0 aliphatic rings. The zero-order valence-corrected chi connectivity index (χ0v) is 19.0.